The van der Waals surface area contributed by atoms with E-state index in [0.717, 1.165) is 42.7 Å². The lowest BCUT2D eigenvalue weighted by molar-refractivity contribution is 0.303. The topological polar surface area (TPSA) is 0 Å². The van der Waals surface area contributed by atoms with E-state index in [4.69, 9.17) is 0 Å². The van der Waals surface area contributed by atoms with Crippen molar-refractivity contribution >= 4 is 0 Å². The molecule has 0 aromatic heterocycles. The Bertz CT molecular complexity index is 680. The van der Waals surface area contributed by atoms with E-state index in [9.17, 15) is 8.78 Å². The van der Waals surface area contributed by atoms with Gasteiger partial charge >= 0.3 is 0 Å². The average Bonchev–Trinajstić information content (AvgIpc) is 2.59. The number of rotatable bonds is 4. The van der Waals surface area contributed by atoms with Crippen molar-refractivity contribution in [3.63, 3.8) is 0 Å². The molecule has 0 nitrogen and oxygen atoms in total. The minimum atomic E-state index is -0.702. The molecule has 2 aromatic carbocycles. The van der Waals surface area contributed by atoms with E-state index in [2.05, 4.69) is 6.92 Å². The van der Waals surface area contributed by atoms with Crippen LogP contribution in [0.3, 0.4) is 0 Å². The van der Waals surface area contributed by atoms with Crippen LogP contribution in [0.2, 0.25) is 0 Å². The van der Waals surface area contributed by atoms with Crippen LogP contribution >= 0.6 is 0 Å². The van der Waals surface area contributed by atoms with Crippen LogP contribution in [-0.2, 0) is 0 Å². The van der Waals surface area contributed by atoms with Crippen LogP contribution in [0.1, 0.15) is 62.5 Å². The van der Waals surface area contributed by atoms with Gasteiger partial charge in [0.25, 0.3) is 0 Å². The predicted molar refractivity (Wildman–Crippen MR) is 96.1 cm³/mol. The van der Waals surface area contributed by atoms with Crippen LogP contribution in [0.4, 0.5) is 8.78 Å². The fourth-order valence-corrected chi connectivity index (χ4v) is 4.01. The number of aryl methyl sites for hydroxylation is 1. The molecule has 0 bridgehead atoms. The van der Waals surface area contributed by atoms with Crippen LogP contribution in [-0.4, -0.2) is 0 Å². The minimum absolute atomic E-state index is 0.166. The summed E-state index contributed by atoms with van der Waals surface area (Å²) in [5.74, 6) is -0.412. The van der Waals surface area contributed by atoms with Gasteiger partial charge in [0.2, 0.25) is 0 Å². The Labute approximate surface area is 143 Å². The Morgan fingerprint density at radius 3 is 2.17 bits per heavy atom. The average molecular weight is 328 g/mol. The van der Waals surface area contributed by atoms with Crippen LogP contribution in [0.25, 0.3) is 11.1 Å². The summed E-state index contributed by atoms with van der Waals surface area (Å²) in [6.45, 7) is 4.20. The Kier molecular flexibility index (Phi) is 5.33. The van der Waals surface area contributed by atoms with Crippen molar-refractivity contribution in [1.29, 1.82) is 0 Å². The summed E-state index contributed by atoms with van der Waals surface area (Å²) < 4.78 is 29.3. The maximum Gasteiger partial charge on any atom is 0.166 e. The molecule has 128 valence electrons. The Morgan fingerprint density at radius 2 is 1.54 bits per heavy atom. The largest absolute Gasteiger partial charge is 0.203 e. The molecular formula is C22H26F2. The molecule has 0 heterocycles. The molecule has 0 saturated heterocycles. The number of halogens is 2. The maximum atomic E-state index is 14.7. The zero-order valence-corrected chi connectivity index (χ0v) is 14.6. The second-order valence-electron chi connectivity index (χ2n) is 7.20. The van der Waals surface area contributed by atoms with Crippen LogP contribution in [0, 0.1) is 24.5 Å². The molecule has 0 aliphatic heterocycles. The highest BCUT2D eigenvalue weighted by Gasteiger charge is 2.26. The highest BCUT2D eigenvalue weighted by atomic mass is 19.2. The molecule has 0 unspecified atom stereocenters. The Morgan fingerprint density at radius 1 is 0.875 bits per heavy atom. The van der Waals surface area contributed by atoms with Gasteiger partial charge in [0, 0.05) is 5.56 Å². The van der Waals surface area contributed by atoms with Gasteiger partial charge in [-0.1, -0.05) is 61.7 Å². The van der Waals surface area contributed by atoms with Crippen molar-refractivity contribution in [1.82, 2.24) is 0 Å². The van der Waals surface area contributed by atoms with Crippen LogP contribution in [0.5, 0.6) is 0 Å². The third-order valence-corrected chi connectivity index (χ3v) is 5.46. The van der Waals surface area contributed by atoms with Crippen molar-refractivity contribution in [2.24, 2.45) is 5.92 Å². The Balaban J connectivity index is 1.82. The van der Waals surface area contributed by atoms with Crippen molar-refractivity contribution in [3.05, 3.63) is 59.2 Å². The van der Waals surface area contributed by atoms with E-state index in [1.807, 2.05) is 31.2 Å². The van der Waals surface area contributed by atoms with E-state index < -0.39 is 11.6 Å². The van der Waals surface area contributed by atoms with Gasteiger partial charge < -0.3 is 0 Å². The normalized spacial score (nSPS) is 21.0. The molecule has 1 saturated carbocycles. The van der Waals surface area contributed by atoms with Gasteiger partial charge in [-0.25, -0.2) is 8.78 Å². The zero-order valence-electron chi connectivity index (χ0n) is 14.6. The molecule has 1 aliphatic carbocycles. The Hall–Kier alpha value is -1.70. The molecule has 1 aliphatic rings. The number of benzene rings is 2. The molecule has 2 heteroatoms. The van der Waals surface area contributed by atoms with Gasteiger partial charge in [-0.15, -0.1) is 0 Å². The molecule has 0 amide bonds. The smallest absolute Gasteiger partial charge is 0.166 e. The molecule has 0 radical (unpaired) electrons. The van der Waals surface area contributed by atoms with E-state index in [1.54, 1.807) is 12.1 Å². The number of hydrogen-bond acceptors (Lipinski definition) is 0. The van der Waals surface area contributed by atoms with E-state index in [0.29, 0.717) is 11.1 Å². The molecule has 3 rings (SSSR count). The fraction of sp³-hybridized carbons (Fsp3) is 0.455. The van der Waals surface area contributed by atoms with Crippen molar-refractivity contribution < 1.29 is 8.78 Å². The van der Waals surface area contributed by atoms with Crippen LogP contribution < -0.4 is 0 Å². The third-order valence-electron chi connectivity index (χ3n) is 5.46. The van der Waals surface area contributed by atoms with Gasteiger partial charge in [0.05, 0.1) is 0 Å². The van der Waals surface area contributed by atoms with Crippen molar-refractivity contribution in [2.75, 3.05) is 0 Å². The van der Waals surface area contributed by atoms with E-state index in [1.165, 1.54) is 12.8 Å². The first-order chi connectivity index (χ1) is 11.6. The first-order valence-corrected chi connectivity index (χ1v) is 9.15. The predicted octanol–water partition coefficient (Wildman–Crippen LogP) is 7.01. The lowest BCUT2D eigenvalue weighted by Gasteiger charge is -2.29. The molecule has 1 fully saturated rings. The lowest BCUT2D eigenvalue weighted by atomic mass is 9.77. The maximum absolute atomic E-state index is 14.7. The molecule has 0 atom stereocenters. The summed E-state index contributed by atoms with van der Waals surface area (Å²) in [6, 6.07) is 11.1. The summed E-state index contributed by atoms with van der Waals surface area (Å²) >= 11 is 0. The van der Waals surface area contributed by atoms with E-state index in [-0.39, 0.29) is 5.92 Å². The van der Waals surface area contributed by atoms with Crippen molar-refractivity contribution in [2.45, 2.75) is 58.3 Å². The summed E-state index contributed by atoms with van der Waals surface area (Å²) in [5, 5.41) is 0. The molecule has 0 N–H and O–H groups in total. The highest BCUT2D eigenvalue weighted by molar-refractivity contribution is 5.65. The van der Waals surface area contributed by atoms with Gasteiger partial charge in [-0.3, -0.25) is 0 Å². The lowest BCUT2D eigenvalue weighted by Crippen LogP contribution is -2.14. The zero-order chi connectivity index (χ0) is 17.1. The van der Waals surface area contributed by atoms with Gasteiger partial charge in [0.15, 0.2) is 11.6 Å². The summed E-state index contributed by atoms with van der Waals surface area (Å²) in [5.41, 5.74) is 2.77. The second-order valence-corrected chi connectivity index (χ2v) is 7.20. The highest BCUT2D eigenvalue weighted by Crippen LogP contribution is 2.40. The standard InChI is InChI=1S/C22H26F2/c1-3-4-16-7-11-18(12-8-16)20-14-13-19(21(23)22(20)24)17-9-5-15(2)6-10-17/h5-6,9-10,13-14,16,18H,3-4,7-8,11-12H2,1-2H3. The fourth-order valence-electron chi connectivity index (χ4n) is 4.01. The second kappa shape index (κ2) is 7.46. The molecule has 2 aromatic rings. The van der Waals surface area contributed by atoms with Crippen molar-refractivity contribution in [3.8, 4) is 11.1 Å². The quantitative estimate of drug-likeness (QED) is 0.566. The SMILES string of the molecule is CCCC1CCC(c2ccc(-c3ccc(C)cc3)c(F)c2F)CC1. The van der Waals surface area contributed by atoms with E-state index >= 15 is 0 Å². The summed E-state index contributed by atoms with van der Waals surface area (Å²) in [7, 11) is 0. The molecule has 0 spiro atoms. The molecular weight excluding hydrogens is 302 g/mol. The van der Waals surface area contributed by atoms with Gasteiger partial charge in [0.1, 0.15) is 0 Å². The summed E-state index contributed by atoms with van der Waals surface area (Å²) in [6.07, 6.45) is 6.70. The molecule has 24 heavy (non-hydrogen) atoms. The van der Waals surface area contributed by atoms with Gasteiger partial charge in [-0.2, -0.15) is 0 Å². The monoisotopic (exact) mass is 328 g/mol. The minimum Gasteiger partial charge on any atom is -0.203 e. The van der Waals surface area contributed by atoms with Crippen LogP contribution in [0.15, 0.2) is 36.4 Å². The first kappa shape index (κ1) is 17.1. The number of hydrogen-bond donors (Lipinski definition) is 0. The first-order valence-electron chi connectivity index (χ1n) is 9.15. The van der Waals surface area contributed by atoms with Gasteiger partial charge in [-0.05, 0) is 55.6 Å². The third kappa shape index (κ3) is 3.53. The summed E-state index contributed by atoms with van der Waals surface area (Å²) in [4.78, 5) is 0.